The molecule has 1 aliphatic rings. The van der Waals surface area contributed by atoms with Crippen molar-refractivity contribution in [3.63, 3.8) is 0 Å². The highest BCUT2D eigenvalue weighted by atomic mass is 32.2. The predicted molar refractivity (Wildman–Crippen MR) is 94.9 cm³/mol. The minimum absolute atomic E-state index is 0.149. The maximum absolute atomic E-state index is 13.1. The zero-order valence-electron chi connectivity index (χ0n) is 14.2. The molecule has 132 valence electrons. The highest BCUT2D eigenvalue weighted by Gasteiger charge is 2.74. The number of benzene rings is 2. The third-order valence-electron chi connectivity index (χ3n) is 4.65. The third-order valence-corrected chi connectivity index (χ3v) is 6.91. The normalized spacial score (nSPS) is 25.4. The van der Waals surface area contributed by atoms with E-state index < -0.39 is 32.5 Å². The number of carbonyl (C=O) groups excluding carboxylic acids is 1. The Morgan fingerprint density at radius 1 is 1.12 bits per heavy atom. The van der Waals surface area contributed by atoms with Crippen molar-refractivity contribution in [1.82, 2.24) is 0 Å². The SMILES string of the molecule is CCOC(=O)[C@]1(N)[C@H](c2ccccc2)[C@@H]1S(=O)(=O)c1ccc(C)cc1. The van der Waals surface area contributed by atoms with Crippen LogP contribution in [0.5, 0.6) is 0 Å². The Morgan fingerprint density at radius 3 is 2.28 bits per heavy atom. The van der Waals surface area contributed by atoms with Crippen molar-refractivity contribution in [3.8, 4) is 0 Å². The van der Waals surface area contributed by atoms with Crippen LogP contribution in [0.4, 0.5) is 0 Å². The Kier molecular flexibility index (Phi) is 4.43. The fourth-order valence-electron chi connectivity index (χ4n) is 3.29. The molecule has 0 spiro atoms. The maximum atomic E-state index is 13.1. The van der Waals surface area contributed by atoms with Gasteiger partial charge >= 0.3 is 5.97 Å². The van der Waals surface area contributed by atoms with E-state index in [1.165, 1.54) is 0 Å². The predicted octanol–water partition coefficient (Wildman–Crippen LogP) is 2.20. The van der Waals surface area contributed by atoms with Crippen LogP contribution >= 0.6 is 0 Å². The summed E-state index contributed by atoms with van der Waals surface area (Å²) >= 11 is 0. The topological polar surface area (TPSA) is 86.5 Å². The number of rotatable bonds is 5. The summed E-state index contributed by atoms with van der Waals surface area (Å²) in [5, 5.41) is -1.04. The number of nitrogens with two attached hydrogens (primary N) is 1. The van der Waals surface area contributed by atoms with Gasteiger partial charge in [-0.3, -0.25) is 0 Å². The highest BCUT2D eigenvalue weighted by molar-refractivity contribution is 7.92. The molecule has 5 nitrogen and oxygen atoms in total. The molecule has 0 aromatic heterocycles. The molecule has 1 aliphatic carbocycles. The average Bonchev–Trinajstić information content (AvgIpc) is 3.25. The van der Waals surface area contributed by atoms with Crippen molar-refractivity contribution in [3.05, 3.63) is 65.7 Å². The Bertz CT molecular complexity index is 877. The number of ether oxygens (including phenoxy) is 1. The molecular weight excluding hydrogens is 338 g/mol. The van der Waals surface area contributed by atoms with Crippen LogP contribution in [0, 0.1) is 6.92 Å². The zero-order chi connectivity index (χ0) is 18.2. The summed E-state index contributed by atoms with van der Waals surface area (Å²) in [5.41, 5.74) is 6.41. The molecule has 3 rings (SSSR count). The van der Waals surface area contributed by atoms with Crippen molar-refractivity contribution in [2.45, 2.75) is 35.4 Å². The van der Waals surface area contributed by atoms with E-state index >= 15 is 0 Å². The molecule has 0 bridgehead atoms. The van der Waals surface area contributed by atoms with Gasteiger partial charge in [0.2, 0.25) is 0 Å². The van der Waals surface area contributed by atoms with Crippen molar-refractivity contribution < 1.29 is 17.9 Å². The summed E-state index contributed by atoms with van der Waals surface area (Å²) in [6.45, 7) is 3.70. The van der Waals surface area contributed by atoms with Crippen molar-refractivity contribution in [2.75, 3.05) is 6.61 Å². The molecule has 3 atom stereocenters. The molecular formula is C19H21NO4S. The van der Waals surface area contributed by atoms with Crippen LogP contribution < -0.4 is 5.73 Å². The van der Waals surface area contributed by atoms with Gasteiger partial charge in [0.05, 0.1) is 11.5 Å². The zero-order valence-corrected chi connectivity index (χ0v) is 15.0. The summed E-state index contributed by atoms with van der Waals surface area (Å²) in [6, 6.07) is 15.6. The molecule has 0 radical (unpaired) electrons. The molecule has 2 N–H and O–H groups in total. The average molecular weight is 359 g/mol. The van der Waals surface area contributed by atoms with Gasteiger partial charge < -0.3 is 10.5 Å². The Morgan fingerprint density at radius 2 is 1.72 bits per heavy atom. The minimum atomic E-state index is -3.78. The van der Waals surface area contributed by atoms with Crippen LogP contribution in [0.25, 0.3) is 0 Å². The van der Waals surface area contributed by atoms with Gasteiger partial charge in [-0.25, -0.2) is 13.2 Å². The second-order valence-corrected chi connectivity index (χ2v) is 8.39. The molecule has 1 saturated carbocycles. The van der Waals surface area contributed by atoms with Crippen LogP contribution in [0.1, 0.15) is 24.0 Å². The third kappa shape index (κ3) is 2.85. The van der Waals surface area contributed by atoms with E-state index in [9.17, 15) is 13.2 Å². The smallest absolute Gasteiger partial charge is 0.328 e. The largest absolute Gasteiger partial charge is 0.465 e. The summed E-state index contributed by atoms with van der Waals surface area (Å²) in [7, 11) is -3.78. The Labute approximate surface area is 147 Å². The van der Waals surface area contributed by atoms with E-state index in [1.807, 2.05) is 13.0 Å². The monoisotopic (exact) mass is 359 g/mol. The lowest BCUT2D eigenvalue weighted by Crippen LogP contribution is -2.41. The maximum Gasteiger partial charge on any atom is 0.328 e. The minimum Gasteiger partial charge on any atom is -0.465 e. The van der Waals surface area contributed by atoms with Crippen molar-refractivity contribution >= 4 is 15.8 Å². The molecule has 0 heterocycles. The van der Waals surface area contributed by atoms with E-state index in [-0.39, 0.29) is 11.5 Å². The first-order valence-electron chi connectivity index (χ1n) is 8.15. The molecule has 25 heavy (non-hydrogen) atoms. The summed E-state index contributed by atoms with van der Waals surface area (Å²) in [6.07, 6.45) is 0. The number of aryl methyl sites for hydroxylation is 1. The molecule has 1 fully saturated rings. The quantitative estimate of drug-likeness (QED) is 0.827. The number of esters is 1. The van der Waals surface area contributed by atoms with Crippen LogP contribution in [-0.2, 0) is 19.4 Å². The van der Waals surface area contributed by atoms with Crippen molar-refractivity contribution in [2.24, 2.45) is 5.73 Å². The molecule has 2 aromatic carbocycles. The second-order valence-electron chi connectivity index (χ2n) is 6.32. The van der Waals surface area contributed by atoms with Crippen LogP contribution in [0.3, 0.4) is 0 Å². The van der Waals surface area contributed by atoms with Gasteiger partial charge in [0.1, 0.15) is 10.8 Å². The van der Waals surface area contributed by atoms with E-state index in [1.54, 1.807) is 55.5 Å². The number of sulfone groups is 1. The summed E-state index contributed by atoms with van der Waals surface area (Å²) < 4.78 is 31.3. The van der Waals surface area contributed by atoms with Gasteiger partial charge in [0, 0.05) is 5.92 Å². The Hall–Kier alpha value is -2.18. The van der Waals surface area contributed by atoms with Gasteiger partial charge in [-0.15, -0.1) is 0 Å². The fraction of sp³-hybridized carbons (Fsp3) is 0.316. The van der Waals surface area contributed by atoms with E-state index in [0.29, 0.717) is 0 Å². The van der Waals surface area contributed by atoms with E-state index in [0.717, 1.165) is 11.1 Å². The number of hydrogen-bond donors (Lipinski definition) is 1. The molecule has 0 aliphatic heterocycles. The van der Waals surface area contributed by atoms with Gasteiger partial charge in [0.25, 0.3) is 0 Å². The standard InChI is InChI=1S/C19H21NO4S/c1-3-24-18(21)19(20)16(14-7-5-4-6-8-14)17(19)25(22,23)15-11-9-13(2)10-12-15/h4-12,16-17H,3,20H2,1-2H3/t16-,17+,19+/m1/s1. The number of hydrogen-bond acceptors (Lipinski definition) is 5. The van der Waals surface area contributed by atoms with Gasteiger partial charge in [-0.05, 0) is 31.5 Å². The first kappa shape index (κ1) is 17.6. The second kappa shape index (κ2) is 6.28. The first-order chi connectivity index (χ1) is 11.8. The first-order valence-corrected chi connectivity index (χ1v) is 9.69. The van der Waals surface area contributed by atoms with E-state index in [2.05, 4.69) is 0 Å². The highest BCUT2D eigenvalue weighted by Crippen LogP contribution is 2.56. The van der Waals surface area contributed by atoms with Crippen molar-refractivity contribution in [1.29, 1.82) is 0 Å². The number of carbonyl (C=O) groups is 1. The van der Waals surface area contributed by atoms with E-state index in [4.69, 9.17) is 10.5 Å². The summed E-state index contributed by atoms with van der Waals surface area (Å²) in [4.78, 5) is 12.6. The van der Waals surface area contributed by atoms with Crippen LogP contribution in [0.15, 0.2) is 59.5 Å². The molecule has 2 aromatic rings. The van der Waals surface area contributed by atoms with Gasteiger partial charge in [-0.1, -0.05) is 48.0 Å². The van der Waals surface area contributed by atoms with Gasteiger partial charge in [-0.2, -0.15) is 0 Å². The lowest BCUT2D eigenvalue weighted by atomic mass is 10.1. The lowest BCUT2D eigenvalue weighted by Gasteiger charge is -2.11. The summed E-state index contributed by atoms with van der Waals surface area (Å²) in [5.74, 6) is -1.30. The van der Waals surface area contributed by atoms with Crippen LogP contribution in [0.2, 0.25) is 0 Å². The molecule has 0 amide bonds. The lowest BCUT2D eigenvalue weighted by molar-refractivity contribution is -0.145. The molecule has 6 heteroatoms. The molecule has 0 saturated heterocycles. The van der Waals surface area contributed by atoms with Crippen LogP contribution in [-0.4, -0.2) is 31.8 Å². The molecule has 0 unspecified atom stereocenters. The van der Waals surface area contributed by atoms with Gasteiger partial charge in [0.15, 0.2) is 9.84 Å². The Balaban J connectivity index is 2.05. The fourth-order valence-corrected chi connectivity index (χ4v) is 5.52.